The number of hydrogen-bond donors (Lipinski definition) is 1. The fourth-order valence-corrected chi connectivity index (χ4v) is 2.84. The predicted molar refractivity (Wildman–Crippen MR) is 89.5 cm³/mol. The van der Waals surface area contributed by atoms with Crippen molar-refractivity contribution in [1.82, 2.24) is 9.97 Å². The quantitative estimate of drug-likeness (QED) is 0.677. The van der Waals surface area contributed by atoms with Crippen molar-refractivity contribution in [2.45, 2.75) is 19.3 Å². The SMILES string of the molecule is O=[N+]([O-])c1c(Nc2ccccc2Cl)ncnc1N1CCCCC1. The molecule has 1 N–H and O–H groups in total. The van der Waals surface area contributed by atoms with E-state index in [1.54, 1.807) is 24.3 Å². The molecule has 0 saturated carbocycles. The Labute approximate surface area is 138 Å². The third kappa shape index (κ3) is 3.34. The van der Waals surface area contributed by atoms with E-state index in [4.69, 9.17) is 11.6 Å². The molecule has 1 saturated heterocycles. The Morgan fingerprint density at radius 1 is 1.17 bits per heavy atom. The lowest BCUT2D eigenvalue weighted by Crippen LogP contribution is -2.31. The Kier molecular flexibility index (Phi) is 4.57. The summed E-state index contributed by atoms with van der Waals surface area (Å²) < 4.78 is 0. The first-order chi connectivity index (χ1) is 11.2. The van der Waals surface area contributed by atoms with Crippen molar-refractivity contribution in [2.75, 3.05) is 23.3 Å². The van der Waals surface area contributed by atoms with Gasteiger partial charge in [-0.25, -0.2) is 9.97 Å². The first-order valence-corrected chi connectivity index (χ1v) is 7.80. The van der Waals surface area contributed by atoms with E-state index in [1.807, 2.05) is 4.90 Å². The van der Waals surface area contributed by atoms with Crippen molar-refractivity contribution in [3.63, 3.8) is 0 Å². The van der Waals surface area contributed by atoms with Gasteiger partial charge in [-0.15, -0.1) is 0 Å². The number of halogens is 1. The zero-order valence-corrected chi connectivity index (χ0v) is 13.2. The Balaban J connectivity index is 2.00. The van der Waals surface area contributed by atoms with Crippen LogP contribution < -0.4 is 10.2 Å². The number of anilines is 3. The summed E-state index contributed by atoms with van der Waals surface area (Å²) in [5.74, 6) is 0.512. The number of benzene rings is 1. The molecular weight excluding hydrogens is 318 g/mol. The number of hydrogen-bond acceptors (Lipinski definition) is 6. The predicted octanol–water partition coefficient (Wildman–Crippen LogP) is 3.77. The van der Waals surface area contributed by atoms with Crippen LogP contribution in [0, 0.1) is 10.1 Å². The highest BCUT2D eigenvalue weighted by molar-refractivity contribution is 6.33. The van der Waals surface area contributed by atoms with Gasteiger partial charge in [0.2, 0.25) is 11.6 Å². The summed E-state index contributed by atoms with van der Waals surface area (Å²) in [5, 5.41) is 15.0. The average Bonchev–Trinajstić information content (AvgIpc) is 2.57. The van der Waals surface area contributed by atoms with Gasteiger partial charge in [0.05, 0.1) is 15.6 Å². The van der Waals surface area contributed by atoms with Gasteiger partial charge in [0.1, 0.15) is 6.33 Å². The molecule has 1 fully saturated rings. The van der Waals surface area contributed by atoms with Gasteiger partial charge in [-0.3, -0.25) is 10.1 Å². The summed E-state index contributed by atoms with van der Waals surface area (Å²) in [5.41, 5.74) is 0.454. The minimum Gasteiger partial charge on any atom is -0.351 e. The van der Waals surface area contributed by atoms with Gasteiger partial charge in [-0.2, -0.15) is 0 Å². The van der Waals surface area contributed by atoms with Crippen LogP contribution in [0.25, 0.3) is 0 Å². The van der Waals surface area contributed by atoms with Crippen LogP contribution in [0.1, 0.15) is 19.3 Å². The second kappa shape index (κ2) is 6.78. The van der Waals surface area contributed by atoms with Crippen LogP contribution in [0.15, 0.2) is 30.6 Å². The highest BCUT2D eigenvalue weighted by Crippen LogP contribution is 2.35. The lowest BCUT2D eigenvalue weighted by atomic mass is 10.1. The molecule has 3 rings (SSSR count). The molecule has 2 heterocycles. The van der Waals surface area contributed by atoms with Gasteiger partial charge in [0, 0.05) is 13.1 Å². The second-order valence-corrected chi connectivity index (χ2v) is 5.71. The van der Waals surface area contributed by atoms with Crippen molar-refractivity contribution in [3.8, 4) is 0 Å². The molecule has 2 aromatic rings. The number of nitro groups is 1. The molecule has 7 nitrogen and oxygen atoms in total. The summed E-state index contributed by atoms with van der Waals surface area (Å²) in [6.07, 6.45) is 4.50. The normalized spacial score (nSPS) is 14.6. The topological polar surface area (TPSA) is 84.2 Å². The van der Waals surface area contributed by atoms with E-state index in [9.17, 15) is 10.1 Å². The molecule has 0 bridgehead atoms. The lowest BCUT2D eigenvalue weighted by Gasteiger charge is -2.27. The van der Waals surface area contributed by atoms with E-state index in [0.717, 1.165) is 32.4 Å². The number of aromatic nitrogens is 2. The fraction of sp³-hybridized carbons (Fsp3) is 0.333. The van der Waals surface area contributed by atoms with Crippen molar-refractivity contribution in [2.24, 2.45) is 0 Å². The molecule has 0 unspecified atom stereocenters. The summed E-state index contributed by atoms with van der Waals surface area (Å²) in [7, 11) is 0. The highest BCUT2D eigenvalue weighted by Gasteiger charge is 2.28. The fourth-order valence-electron chi connectivity index (χ4n) is 2.66. The number of nitrogens with zero attached hydrogens (tertiary/aromatic N) is 4. The second-order valence-electron chi connectivity index (χ2n) is 5.30. The van der Waals surface area contributed by atoms with Gasteiger partial charge >= 0.3 is 5.69 Å². The van der Waals surface area contributed by atoms with Gasteiger partial charge in [0.25, 0.3) is 0 Å². The monoisotopic (exact) mass is 333 g/mol. The largest absolute Gasteiger partial charge is 0.353 e. The molecule has 0 atom stereocenters. The van der Waals surface area contributed by atoms with E-state index in [2.05, 4.69) is 15.3 Å². The minimum atomic E-state index is -0.441. The summed E-state index contributed by atoms with van der Waals surface area (Å²) >= 11 is 6.11. The van der Waals surface area contributed by atoms with E-state index in [0.29, 0.717) is 16.5 Å². The molecule has 1 aromatic carbocycles. The third-order valence-electron chi connectivity index (χ3n) is 3.77. The molecule has 0 amide bonds. The standard InChI is InChI=1S/C15H16ClN5O2/c16-11-6-2-3-7-12(11)19-14-13(21(22)23)15(18-10-17-14)20-8-4-1-5-9-20/h2-3,6-7,10H,1,4-5,8-9H2,(H,17,18,19). The van der Waals surface area contributed by atoms with E-state index in [-0.39, 0.29) is 11.5 Å². The molecule has 1 aliphatic rings. The van der Waals surface area contributed by atoms with Crippen LogP contribution in [-0.2, 0) is 0 Å². The number of nitrogens with one attached hydrogen (secondary N) is 1. The van der Waals surface area contributed by atoms with Crippen LogP contribution in [0.4, 0.5) is 23.0 Å². The summed E-state index contributed by atoms with van der Waals surface area (Å²) in [6.45, 7) is 1.53. The molecule has 120 valence electrons. The Bertz CT molecular complexity index is 719. The van der Waals surface area contributed by atoms with Crippen LogP contribution in [0.5, 0.6) is 0 Å². The number of para-hydroxylation sites is 1. The van der Waals surface area contributed by atoms with Crippen molar-refractivity contribution >= 4 is 34.6 Å². The van der Waals surface area contributed by atoms with E-state index < -0.39 is 4.92 Å². The maximum Gasteiger partial charge on any atom is 0.353 e. The molecule has 0 aliphatic carbocycles. The Morgan fingerprint density at radius 3 is 2.61 bits per heavy atom. The van der Waals surface area contributed by atoms with E-state index >= 15 is 0 Å². The molecular formula is C15H16ClN5O2. The van der Waals surface area contributed by atoms with Crippen molar-refractivity contribution < 1.29 is 4.92 Å². The molecule has 0 spiro atoms. The first-order valence-electron chi connectivity index (χ1n) is 7.42. The van der Waals surface area contributed by atoms with Crippen LogP contribution >= 0.6 is 11.6 Å². The zero-order chi connectivity index (χ0) is 16.2. The maximum absolute atomic E-state index is 11.6. The zero-order valence-electron chi connectivity index (χ0n) is 12.4. The Hall–Kier alpha value is -2.41. The van der Waals surface area contributed by atoms with Crippen molar-refractivity contribution in [1.29, 1.82) is 0 Å². The molecule has 8 heteroatoms. The first kappa shape index (κ1) is 15.5. The van der Waals surface area contributed by atoms with Crippen LogP contribution in [0.3, 0.4) is 0 Å². The number of piperidine rings is 1. The van der Waals surface area contributed by atoms with Gasteiger partial charge < -0.3 is 10.2 Å². The number of rotatable bonds is 4. The minimum absolute atomic E-state index is 0.116. The van der Waals surface area contributed by atoms with Crippen LogP contribution in [0.2, 0.25) is 5.02 Å². The van der Waals surface area contributed by atoms with Gasteiger partial charge in [-0.1, -0.05) is 23.7 Å². The van der Waals surface area contributed by atoms with Gasteiger partial charge in [-0.05, 0) is 31.4 Å². The Morgan fingerprint density at radius 2 is 1.91 bits per heavy atom. The highest BCUT2D eigenvalue weighted by atomic mass is 35.5. The average molecular weight is 334 g/mol. The maximum atomic E-state index is 11.6. The molecule has 23 heavy (non-hydrogen) atoms. The molecule has 0 radical (unpaired) electrons. The molecule has 1 aromatic heterocycles. The third-order valence-corrected chi connectivity index (χ3v) is 4.10. The smallest absolute Gasteiger partial charge is 0.351 e. The lowest BCUT2D eigenvalue weighted by molar-refractivity contribution is -0.383. The molecule has 1 aliphatic heterocycles. The summed E-state index contributed by atoms with van der Waals surface area (Å²) in [6, 6.07) is 7.05. The van der Waals surface area contributed by atoms with E-state index in [1.165, 1.54) is 6.33 Å². The van der Waals surface area contributed by atoms with Crippen LogP contribution in [-0.4, -0.2) is 28.0 Å². The van der Waals surface area contributed by atoms with Gasteiger partial charge in [0.15, 0.2) is 0 Å². The van der Waals surface area contributed by atoms with Crippen molar-refractivity contribution in [3.05, 3.63) is 45.7 Å². The summed E-state index contributed by atoms with van der Waals surface area (Å²) in [4.78, 5) is 21.3.